The van der Waals surface area contributed by atoms with Gasteiger partial charge in [0.25, 0.3) is 5.91 Å². The monoisotopic (exact) mass is 420 g/mol. The summed E-state index contributed by atoms with van der Waals surface area (Å²) in [6.45, 7) is 5.89. The van der Waals surface area contributed by atoms with Crippen molar-refractivity contribution < 1.29 is 23.5 Å². The van der Waals surface area contributed by atoms with Gasteiger partial charge in [0.05, 0.1) is 18.4 Å². The molecule has 0 saturated heterocycles. The Bertz CT molecular complexity index is 1060. The average molecular weight is 420 g/mol. The molecule has 31 heavy (non-hydrogen) atoms. The highest BCUT2D eigenvalue weighted by Gasteiger charge is 2.08. The van der Waals surface area contributed by atoms with Gasteiger partial charge in [0.15, 0.2) is 6.61 Å². The number of aryl methyl sites for hydroxylation is 2. The summed E-state index contributed by atoms with van der Waals surface area (Å²) in [5, 5.41) is 3.89. The largest absolute Gasteiger partial charge is 0.484 e. The molecule has 0 unspecified atom stereocenters. The van der Waals surface area contributed by atoms with Crippen molar-refractivity contribution in [3.8, 4) is 17.1 Å². The average Bonchev–Trinajstić information content (AvgIpc) is 3.21. The SMILES string of the molecule is CCOC(=O)c1ccc(-c2ccc(C=NNC(=O)COc3cc(C)cc(C)c3)o2)cc1. The molecule has 0 spiro atoms. The van der Waals surface area contributed by atoms with Crippen LogP contribution >= 0.6 is 0 Å². The third-order valence-corrected chi connectivity index (χ3v) is 4.25. The Hall–Kier alpha value is -3.87. The highest BCUT2D eigenvalue weighted by atomic mass is 16.5. The van der Waals surface area contributed by atoms with Crippen LogP contribution in [0, 0.1) is 13.8 Å². The van der Waals surface area contributed by atoms with E-state index in [0.29, 0.717) is 29.4 Å². The number of carbonyl (C=O) groups is 2. The molecule has 0 radical (unpaired) electrons. The molecule has 2 aromatic carbocycles. The highest BCUT2D eigenvalue weighted by Crippen LogP contribution is 2.22. The number of furan rings is 1. The summed E-state index contributed by atoms with van der Waals surface area (Å²) < 4.78 is 16.2. The molecule has 3 rings (SSSR count). The van der Waals surface area contributed by atoms with Crippen molar-refractivity contribution in [1.82, 2.24) is 5.43 Å². The minimum atomic E-state index is -0.378. The molecule has 3 aromatic rings. The van der Waals surface area contributed by atoms with Gasteiger partial charge in [-0.2, -0.15) is 5.10 Å². The maximum absolute atomic E-state index is 11.9. The molecule has 0 aliphatic heterocycles. The standard InChI is InChI=1S/C24H24N2O5/c1-4-29-24(28)19-7-5-18(6-8-19)22-10-9-20(31-22)14-25-26-23(27)15-30-21-12-16(2)11-17(3)13-21/h5-14H,4,15H2,1-3H3,(H,26,27). The fraction of sp³-hybridized carbons (Fsp3) is 0.208. The zero-order valence-electron chi connectivity index (χ0n) is 17.7. The summed E-state index contributed by atoms with van der Waals surface area (Å²) >= 11 is 0. The minimum absolute atomic E-state index is 0.142. The van der Waals surface area contributed by atoms with E-state index in [0.717, 1.165) is 16.7 Å². The summed E-state index contributed by atoms with van der Waals surface area (Å²) in [4.78, 5) is 23.6. The fourth-order valence-corrected chi connectivity index (χ4v) is 2.93. The van der Waals surface area contributed by atoms with Crippen LogP contribution in [0.2, 0.25) is 0 Å². The number of rotatable bonds is 8. The lowest BCUT2D eigenvalue weighted by molar-refractivity contribution is -0.123. The second-order valence-electron chi connectivity index (χ2n) is 6.91. The maximum Gasteiger partial charge on any atom is 0.338 e. The molecule has 7 nitrogen and oxygen atoms in total. The zero-order valence-corrected chi connectivity index (χ0v) is 17.7. The third-order valence-electron chi connectivity index (χ3n) is 4.25. The Morgan fingerprint density at radius 1 is 1.03 bits per heavy atom. The molecular formula is C24H24N2O5. The van der Waals surface area contributed by atoms with Crippen LogP contribution in [0.5, 0.6) is 5.75 Å². The molecule has 0 saturated carbocycles. The molecule has 1 heterocycles. The van der Waals surface area contributed by atoms with Crippen molar-refractivity contribution in [2.24, 2.45) is 5.10 Å². The van der Waals surface area contributed by atoms with Crippen LogP contribution in [0.15, 0.2) is 64.1 Å². The molecule has 0 fully saturated rings. The van der Waals surface area contributed by atoms with E-state index in [-0.39, 0.29) is 18.5 Å². The molecule has 0 aliphatic rings. The van der Waals surface area contributed by atoms with Gasteiger partial charge in [-0.25, -0.2) is 10.2 Å². The number of carbonyl (C=O) groups excluding carboxylic acids is 2. The van der Waals surface area contributed by atoms with Gasteiger partial charge in [0.1, 0.15) is 17.3 Å². The fourth-order valence-electron chi connectivity index (χ4n) is 2.93. The number of hydrazone groups is 1. The van der Waals surface area contributed by atoms with Crippen LogP contribution in [0.3, 0.4) is 0 Å². The van der Waals surface area contributed by atoms with Crippen molar-refractivity contribution in [3.63, 3.8) is 0 Å². The number of ether oxygens (including phenoxy) is 2. The zero-order chi connectivity index (χ0) is 22.2. The number of benzene rings is 2. The van der Waals surface area contributed by atoms with Crippen LogP contribution in [0.1, 0.15) is 34.2 Å². The van der Waals surface area contributed by atoms with E-state index in [1.165, 1.54) is 6.21 Å². The van der Waals surface area contributed by atoms with Gasteiger partial charge >= 0.3 is 5.97 Å². The lowest BCUT2D eigenvalue weighted by atomic mass is 10.1. The number of nitrogens with zero attached hydrogens (tertiary/aromatic N) is 1. The van der Waals surface area contributed by atoms with Gasteiger partial charge < -0.3 is 13.9 Å². The van der Waals surface area contributed by atoms with E-state index >= 15 is 0 Å². The Morgan fingerprint density at radius 2 is 1.74 bits per heavy atom. The van der Waals surface area contributed by atoms with Crippen molar-refractivity contribution in [2.75, 3.05) is 13.2 Å². The van der Waals surface area contributed by atoms with Crippen LogP contribution < -0.4 is 10.2 Å². The highest BCUT2D eigenvalue weighted by molar-refractivity contribution is 5.90. The normalized spacial score (nSPS) is 10.8. The van der Waals surface area contributed by atoms with Gasteiger partial charge in [-0.05, 0) is 68.3 Å². The minimum Gasteiger partial charge on any atom is -0.484 e. The Balaban J connectivity index is 1.52. The lowest BCUT2D eigenvalue weighted by Crippen LogP contribution is -2.24. The number of hydrogen-bond acceptors (Lipinski definition) is 6. The van der Waals surface area contributed by atoms with Crippen molar-refractivity contribution in [3.05, 3.63) is 77.0 Å². The molecule has 160 valence electrons. The van der Waals surface area contributed by atoms with E-state index < -0.39 is 0 Å². The van der Waals surface area contributed by atoms with Crippen molar-refractivity contribution in [2.45, 2.75) is 20.8 Å². The predicted molar refractivity (Wildman–Crippen MR) is 117 cm³/mol. The first-order chi connectivity index (χ1) is 14.9. The van der Waals surface area contributed by atoms with E-state index in [1.54, 1.807) is 43.3 Å². The molecule has 0 atom stereocenters. The van der Waals surface area contributed by atoms with Crippen LogP contribution in [0.25, 0.3) is 11.3 Å². The Morgan fingerprint density at radius 3 is 2.42 bits per heavy atom. The summed E-state index contributed by atoms with van der Waals surface area (Å²) in [7, 11) is 0. The second-order valence-corrected chi connectivity index (χ2v) is 6.91. The van der Waals surface area contributed by atoms with Crippen LogP contribution in [-0.2, 0) is 9.53 Å². The number of hydrogen-bond donors (Lipinski definition) is 1. The summed E-state index contributed by atoms with van der Waals surface area (Å²) in [6.07, 6.45) is 1.41. The second kappa shape index (κ2) is 10.2. The summed E-state index contributed by atoms with van der Waals surface area (Å²) in [5.41, 5.74) is 5.82. The first kappa shape index (κ1) is 21.8. The summed E-state index contributed by atoms with van der Waals surface area (Å²) in [5.74, 6) is 0.984. The van der Waals surface area contributed by atoms with Gasteiger partial charge in [-0.15, -0.1) is 0 Å². The molecule has 7 heteroatoms. The molecular weight excluding hydrogens is 396 g/mol. The quantitative estimate of drug-likeness (QED) is 0.334. The van der Waals surface area contributed by atoms with Crippen molar-refractivity contribution >= 4 is 18.1 Å². The van der Waals surface area contributed by atoms with Crippen LogP contribution in [0.4, 0.5) is 0 Å². The third kappa shape index (κ3) is 6.30. The van der Waals surface area contributed by atoms with E-state index in [4.69, 9.17) is 13.9 Å². The molecule has 1 amide bonds. The molecule has 1 aromatic heterocycles. The Kier molecular flexibility index (Phi) is 7.22. The molecule has 0 bridgehead atoms. The Labute approximate surface area is 180 Å². The maximum atomic E-state index is 11.9. The van der Waals surface area contributed by atoms with Gasteiger partial charge in [-0.3, -0.25) is 4.79 Å². The number of amides is 1. The van der Waals surface area contributed by atoms with Crippen molar-refractivity contribution in [1.29, 1.82) is 0 Å². The first-order valence-electron chi connectivity index (χ1n) is 9.85. The van der Waals surface area contributed by atoms with Gasteiger partial charge in [0.2, 0.25) is 0 Å². The van der Waals surface area contributed by atoms with E-state index in [9.17, 15) is 9.59 Å². The number of esters is 1. The first-order valence-corrected chi connectivity index (χ1v) is 9.85. The van der Waals surface area contributed by atoms with E-state index in [2.05, 4.69) is 10.5 Å². The lowest BCUT2D eigenvalue weighted by Gasteiger charge is -2.07. The topological polar surface area (TPSA) is 90.1 Å². The predicted octanol–water partition coefficient (Wildman–Crippen LogP) is 4.27. The summed E-state index contributed by atoms with van der Waals surface area (Å²) in [6, 6.07) is 16.2. The van der Waals surface area contributed by atoms with Gasteiger partial charge in [0, 0.05) is 5.56 Å². The molecule has 0 aliphatic carbocycles. The smallest absolute Gasteiger partial charge is 0.338 e. The van der Waals surface area contributed by atoms with Crippen LogP contribution in [-0.4, -0.2) is 31.3 Å². The number of nitrogens with one attached hydrogen (secondary N) is 1. The van der Waals surface area contributed by atoms with Gasteiger partial charge in [-0.1, -0.05) is 18.2 Å². The van der Waals surface area contributed by atoms with E-state index in [1.807, 2.05) is 32.0 Å². The molecule has 1 N–H and O–H groups in total.